The van der Waals surface area contributed by atoms with Crippen LogP contribution in [-0.2, 0) is 6.42 Å². The van der Waals surface area contributed by atoms with Crippen molar-refractivity contribution in [1.29, 1.82) is 5.26 Å². The molecule has 1 heterocycles. The Morgan fingerprint density at radius 1 is 1.36 bits per heavy atom. The molecule has 0 aliphatic rings. The lowest BCUT2D eigenvalue weighted by atomic mass is 10.3. The first-order valence-electron chi connectivity index (χ1n) is 4.91. The van der Waals surface area contributed by atoms with E-state index in [-0.39, 0.29) is 0 Å². The second-order valence-corrected chi connectivity index (χ2v) is 3.89. The Balaban J connectivity index is 3.00. The van der Waals surface area contributed by atoms with Gasteiger partial charge in [0, 0.05) is 13.1 Å². The average Bonchev–Trinajstić information content (AvgIpc) is 2.63. The molecule has 0 N–H and O–H groups in total. The van der Waals surface area contributed by atoms with Gasteiger partial charge in [0.05, 0.1) is 5.69 Å². The molecule has 3 nitrogen and oxygen atoms in total. The molecule has 1 rings (SSSR count). The lowest BCUT2D eigenvalue weighted by Gasteiger charge is -2.16. The molecular weight excluding hydrogens is 194 g/mol. The zero-order chi connectivity index (χ0) is 10.6. The molecule has 0 spiro atoms. The maximum Gasteiger partial charge on any atom is 0.186 e. The molecule has 14 heavy (non-hydrogen) atoms. The van der Waals surface area contributed by atoms with Crippen molar-refractivity contribution < 1.29 is 0 Å². The first-order chi connectivity index (χ1) is 6.76. The van der Waals surface area contributed by atoms with Gasteiger partial charge in [0.15, 0.2) is 5.13 Å². The van der Waals surface area contributed by atoms with Crippen LogP contribution in [0.5, 0.6) is 0 Å². The van der Waals surface area contributed by atoms with Crippen LogP contribution in [0, 0.1) is 11.3 Å². The van der Waals surface area contributed by atoms with Crippen molar-refractivity contribution in [2.24, 2.45) is 0 Å². The molecule has 4 heteroatoms. The van der Waals surface area contributed by atoms with Crippen LogP contribution in [0.1, 0.15) is 31.3 Å². The van der Waals surface area contributed by atoms with Crippen LogP contribution in [0.4, 0.5) is 5.13 Å². The molecule has 0 saturated carbocycles. The molecule has 0 fully saturated rings. The van der Waals surface area contributed by atoms with Crippen LogP contribution in [-0.4, -0.2) is 18.1 Å². The third-order valence-corrected chi connectivity index (χ3v) is 3.22. The second kappa shape index (κ2) is 4.97. The lowest BCUT2D eigenvalue weighted by Crippen LogP contribution is -2.21. The van der Waals surface area contributed by atoms with Gasteiger partial charge in [0.1, 0.15) is 10.9 Å². The highest BCUT2D eigenvalue weighted by Crippen LogP contribution is 2.25. The van der Waals surface area contributed by atoms with Crippen molar-refractivity contribution in [3.63, 3.8) is 0 Å². The molecule has 0 radical (unpaired) electrons. The summed E-state index contributed by atoms with van der Waals surface area (Å²) in [6.45, 7) is 8.11. The van der Waals surface area contributed by atoms with E-state index >= 15 is 0 Å². The molecular formula is C10H15N3S. The zero-order valence-corrected chi connectivity index (χ0v) is 9.69. The Kier molecular flexibility index (Phi) is 3.90. The van der Waals surface area contributed by atoms with Gasteiger partial charge in [0.25, 0.3) is 0 Å². The molecule has 0 amide bonds. The van der Waals surface area contributed by atoms with Gasteiger partial charge in [-0.3, -0.25) is 0 Å². The smallest absolute Gasteiger partial charge is 0.186 e. The third kappa shape index (κ3) is 2.05. The summed E-state index contributed by atoms with van der Waals surface area (Å²) in [4.78, 5) is 7.39. The fourth-order valence-corrected chi connectivity index (χ4v) is 2.37. The Bertz CT molecular complexity index is 334. The Hall–Kier alpha value is -1.08. The van der Waals surface area contributed by atoms with Crippen molar-refractivity contribution in [3.8, 4) is 6.07 Å². The number of rotatable bonds is 4. The molecule has 0 unspecified atom stereocenters. The van der Waals surface area contributed by atoms with E-state index in [1.54, 1.807) is 0 Å². The van der Waals surface area contributed by atoms with Gasteiger partial charge in [0.2, 0.25) is 0 Å². The highest BCUT2D eigenvalue weighted by atomic mass is 32.1. The minimum absolute atomic E-state index is 0.759. The minimum Gasteiger partial charge on any atom is -0.349 e. The van der Waals surface area contributed by atoms with Crippen LogP contribution in [0.3, 0.4) is 0 Å². The molecule has 0 atom stereocenters. The summed E-state index contributed by atoms with van der Waals surface area (Å²) in [7, 11) is 0. The van der Waals surface area contributed by atoms with E-state index in [9.17, 15) is 0 Å². The Morgan fingerprint density at radius 2 is 2.00 bits per heavy atom. The largest absolute Gasteiger partial charge is 0.349 e. The Morgan fingerprint density at radius 3 is 2.36 bits per heavy atom. The van der Waals surface area contributed by atoms with Crippen LogP contribution in [0.25, 0.3) is 0 Å². The topological polar surface area (TPSA) is 39.9 Å². The quantitative estimate of drug-likeness (QED) is 0.764. The van der Waals surface area contributed by atoms with Crippen LogP contribution < -0.4 is 4.90 Å². The molecule has 76 valence electrons. The highest BCUT2D eigenvalue weighted by molar-refractivity contribution is 7.16. The number of thiazole rings is 1. The standard InChI is InChI=1S/C10H15N3S/c1-4-8-9(7-11)14-10(12-8)13(5-2)6-3/h4-6H2,1-3H3. The number of aromatic nitrogens is 1. The normalized spacial score (nSPS) is 9.86. The van der Waals surface area contributed by atoms with E-state index in [1.165, 1.54) is 11.3 Å². The number of aryl methyl sites for hydroxylation is 1. The minimum atomic E-state index is 0.759. The molecule has 0 aliphatic carbocycles. The van der Waals surface area contributed by atoms with Gasteiger partial charge in [-0.05, 0) is 20.3 Å². The van der Waals surface area contributed by atoms with E-state index in [0.717, 1.165) is 35.2 Å². The van der Waals surface area contributed by atoms with Gasteiger partial charge in [-0.15, -0.1) is 0 Å². The molecule has 0 bridgehead atoms. The van der Waals surface area contributed by atoms with Gasteiger partial charge < -0.3 is 4.90 Å². The van der Waals surface area contributed by atoms with Crippen molar-refractivity contribution in [3.05, 3.63) is 10.6 Å². The van der Waals surface area contributed by atoms with Gasteiger partial charge >= 0.3 is 0 Å². The summed E-state index contributed by atoms with van der Waals surface area (Å²) in [5.41, 5.74) is 0.930. The van der Waals surface area contributed by atoms with Crippen LogP contribution >= 0.6 is 11.3 Å². The van der Waals surface area contributed by atoms with Crippen molar-refractivity contribution in [2.45, 2.75) is 27.2 Å². The summed E-state index contributed by atoms with van der Waals surface area (Å²) in [6, 6.07) is 2.20. The van der Waals surface area contributed by atoms with Crippen molar-refractivity contribution in [1.82, 2.24) is 4.98 Å². The molecule has 0 saturated heterocycles. The number of nitrogens with zero attached hydrogens (tertiary/aromatic N) is 3. The van der Waals surface area contributed by atoms with Crippen molar-refractivity contribution in [2.75, 3.05) is 18.0 Å². The maximum atomic E-state index is 8.89. The number of hydrogen-bond acceptors (Lipinski definition) is 4. The van der Waals surface area contributed by atoms with Crippen molar-refractivity contribution >= 4 is 16.5 Å². The predicted molar refractivity (Wildman–Crippen MR) is 59.8 cm³/mol. The fourth-order valence-electron chi connectivity index (χ4n) is 1.30. The average molecular weight is 209 g/mol. The fraction of sp³-hybridized carbons (Fsp3) is 0.600. The van der Waals surface area contributed by atoms with E-state index < -0.39 is 0 Å². The summed E-state index contributed by atoms with van der Waals surface area (Å²) in [5.74, 6) is 0. The first kappa shape index (κ1) is 11.0. The number of anilines is 1. The van der Waals surface area contributed by atoms with Gasteiger partial charge in [-0.1, -0.05) is 18.3 Å². The summed E-state index contributed by atoms with van der Waals surface area (Å²) in [5, 5.41) is 9.87. The van der Waals surface area contributed by atoms with E-state index in [1.807, 2.05) is 6.92 Å². The number of nitriles is 1. The lowest BCUT2D eigenvalue weighted by molar-refractivity contribution is 0.853. The summed E-state index contributed by atoms with van der Waals surface area (Å²) < 4.78 is 0. The van der Waals surface area contributed by atoms with Gasteiger partial charge in [-0.25, -0.2) is 4.98 Å². The second-order valence-electron chi connectivity index (χ2n) is 2.91. The zero-order valence-electron chi connectivity index (χ0n) is 8.87. The molecule has 1 aromatic heterocycles. The summed E-state index contributed by atoms with van der Waals surface area (Å²) in [6.07, 6.45) is 0.834. The number of hydrogen-bond donors (Lipinski definition) is 0. The highest BCUT2D eigenvalue weighted by Gasteiger charge is 2.12. The maximum absolute atomic E-state index is 8.89. The predicted octanol–water partition coefficient (Wildman–Crippen LogP) is 2.42. The summed E-state index contributed by atoms with van der Waals surface area (Å²) >= 11 is 1.50. The van der Waals surface area contributed by atoms with E-state index in [0.29, 0.717) is 0 Å². The SMILES string of the molecule is CCc1nc(N(CC)CC)sc1C#N. The van der Waals surface area contributed by atoms with E-state index in [4.69, 9.17) is 5.26 Å². The molecule has 1 aromatic rings. The third-order valence-electron chi connectivity index (χ3n) is 2.16. The van der Waals surface area contributed by atoms with E-state index in [2.05, 4.69) is 29.8 Å². The van der Waals surface area contributed by atoms with Crippen LogP contribution in [0.15, 0.2) is 0 Å². The monoisotopic (exact) mass is 209 g/mol. The molecule has 0 aromatic carbocycles. The Labute approximate surface area is 89.0 Å². The van der Waals surface area contributed by atoms with Crippen LogP contribution in [0.2, 0.25) is 0 Å². The molecule has 0 aliphatic heterocycles. The van der Waals surface area contributed by atoms with Gasteiger partial charge in [-0.2, -0.15) is 5.26 Å². The first-order valence-corrected chi connectivity index (χ1v) is 5.73.